The van der Waals surface area contributed by atoms with E-state index in [1.165, 1.54) is 7.05 Å². The van der Waals surface area contributed by atoms with Crippen molar-refractivity contribution in [3.8, 4) is 0 Å². The van der Waals surface area contributed by atoms with E-state index in [1.807, 2.05) is 6.07 Å². The van der Waals surface area contributed by atoms with E-state index in [2.05, 4.69) is 25.8 Å². The molecule has 2 heterocycles. The Kier molecular flexibility index (Phi) is 5.10. The molecule has 1 aromatic heterocycles. The molecule has 3 N–H and O–H groups in total. The number of pyridine rings is 1. The van der Waals surface area contributed by atoms with E-state index in [1.54, 1.807) is 19.2 Å². The van der Waals surface area contributed by atoms with E-state index >= 15 is 0 Å². The van der Waals surface area contributed by atoms with Gasteiger partial charge in [0, 0.05) is 33.2 Å². The lowest BCUT2D eigenvalue weighted by atomic mass is 10.2. The van der Waals surface area contributed by atoms with E-state index in [-0.39, 0.29) is 11.8 Å². The van der Waals surface area contributed by atoms with E-state index in [9.17, 15) is 9.59 Å². The van der Waals surface area contributed by atoms with E-state index in [0.717, 1.165) is 31.9 Å². The summed E-state index contributed by atoms with van der Waals surface area (Å²) < 4.78 is 0. The molecule has 0 aliphatic carbocycles. The average Bonchev–Trinajstić information content (AvgIpc) is 2.55. The third-order valence-electron chi connectivity index (χ3n) is 3.45. The smallest absolute Gasteiger partial charge is 0.270 e. The van der Waals surface area contributed by atoms with Crippen molar-refractivity contribution in [2.75, 3.05) is 38.1 Å². The second-order valence-electron chi connectivity index (χ2n) is 4.95. The zero-order valence-corrected chi connectivity index (χ0v) is 12.3. The zero-order valence-electron chi connectivity index (χ0n) is 12.3. The summed E-state index contributed by atoms with van der Waals surface area (Å²) in [7, 11) is 1.53. The number of carbonyl (C=O) groups is 2. The van der Waals surface area contributed by atoms with Crippen LogP contribution in [0.2, 0.25) is 0 Å². The number of carbonyl (C=O) groups excluding carboxylic acids is 2. The first-order chi connectivity index (χ1) is 10.1. The minimum Gasteiger partial charge on any atom is -0.368 e. The van der Waals surface area contributed by atoms with Gasteiger partial charge in [-0.15, -0.1) is 0 Å². The Bertz CT molecular complexity index is 497. The highest BCUT2D eigenvalue weighted by molar-refractivity contribution is 5.96. The van der Waals surface area contributed by atoms with Crippen LogP contribution in [0.5, 0.6) is 0 Å². The first-order valence-electron chi connectivity index (χ1n) is 7.06. The monoisotopic (exact) mass is 291 g/mol. The molecule has 7 nitrogen and oxygen atoms in total. The van der Waals surface area contributed by atoms with Gasteiger partial charge in [0.2, 0.25) is 5.91 Å². The number of nitrogens with one attached hydrogen (secondary N) is 3. The molecular weight excluding hydrogens is 270 g/mol. The van der Waals surface area contributed by atoms with Gasteiger partial charge in [0.15, 0.2) is 0 Å². The highest BCUT2D eigenvalue weighted by Crippen LogP contribution is 2.13. The molecule has 2 amide bonds. The average molecular weight is 291 g/mol. The van der Waals surface area contributed by atoms with Crippen molar-refractivity contribution in [3.63, 3.8) is 0 Å². The first kappa shape index (κ1) is 15.2. The molecule has 114 valence electrons. The van der Waals surface area contributed by atoms with Gasteiger partial charge < -0.3 is 20.9 Å². The number of rotatable bonds is 4. The maximum Gasteiger partial charge on any atom is 0.270 e. The zero-order chi connectivity index (χ0) is 15.2. The summed E-state index contributed by atoms with van der Waals surface area (Å²) in [4.78, 5) is 29.8. The van der Waals surface area contributed by atoms with Crippen LogP contribution in [0.25, 0.3) is 0 Å². The number of piperazine rings is 1. The molecular formula is C14H21N5O2. The van der Waals surface area contributed by atoms with Crippen LogP contribution in [-0.4, -0.2) is 56.1 Å². The van der Waals surface area contributed by atoms with E-state index < -0.39 is 6.04 Å². The Balaban J connectivity index is 1.97. The van der Waals surface area contributed by atoms with E-state index in [4.69, 9.17) is 0 Å². The summed E-state index contributed by atoms with van der Waals surface area (Å²) >= 11 is 0. The van der Waals surface area contributed by atoms with Gasteiger partial charge >= 0.3 is 0 Å². The Morgan fingerprint density at radius 1 is 1.33 bits per heavy atom. The van der Waals surface area contributed by atoms with Gasteiger partial charge in [0.1, 0.15) is 11.7 Å². The van der Waals surface area contributed by atoms with Crippen molar-refractivity contribution in [1.82, 2.24) is 20.9 Å². The number of nitrogens with zero attached hydrogens (tertiary/aromatic N) is 2. The minimum absolute atomic E-state index is 0.235. The predicted molar refractivity (Wildman–Crippen MR) is 80.3 cm³/mol. The topological polar surface area (TPSA) is 86.4 Å². The van der Waals surface area contributed by atoms with Gasteiger partial charge in [-0.05, 0) is 19.1 Å². The molecule has 1 saturated heterocycles. The van der Waals surface area contributed by atoms with Gasteiger partial charge in [-0.2, -0.15) is 0 Å². The molecule has 2 rings (SSSR count). The second-order valence-corrected chi connectivity index (χ2v) is 4.95. The largest absolute Gasteiger partial charge is 0.368 e. The summed E-state index contributed by atoms with van der Waals surface area (Å²) in [5.41, 5.74) is 1.32. The highest BCUT2D eigenvalue weighted by atomic mass is 16.2. The fourth-order valence-electron chi connectivity index (χ4n) is 2.18. The van der Waals surface area contributed by atoms with Crippen molar-refractivity contribution in [2.45, 2.75) is 13.0 Å². The van der Waals surface area contributed by atoms with Gasteiger partial charge in [-0.3, -0.25) is 9.59 Å². The molecule has 1 fully saturated rings. The van der Waals surface area contributed by atoms with Gasteiger partial charge in [-0.25, -0.2) is 4.98 Å². The molecule has 0 spiro atoms. The molecule has 1 aliphatic heterocycles. The van der Waals surface area contributed by atoms with Crippen LogP contribution in [0.15, 0.2) is 18.3 Å². The lowest BCUT2D eigenvalue weighted by molar-refractivity contribution is -0.122. The fraction of sp³-hybridized carbons (Fsp3) is 0.500. The van der Waals surface area contributed by atoms with Crippen molar-refractivity contribution in [2.24, 2.45) is 0 Å². The van der Waals surface area contributed by atoms with Crippen LogP contribution in [0.3, 0.4) is 0 Å². The molecule has 0 aromatic carbocycles. The third kappa shape index (κ3) is 3.91. The molecule has 21 heavy (non-hydrogen) atoms. The molecule has 1 atom stereocenters. The number of amides is 2. The van der Waals surface area contributed by atoms with E-state index in [0.29, 0.717) is 5.69 Å². The summed E-state index contributed by atoms with van der Waals surface area (Å²) in [6.45, 7) is 5.39. The lowest BCUT2D eigenvalue weighted by Gasteiger charge is -2.29. The van der Waals surface area contributed by atoms with Crippen LogP contribution < -0.4 is 20.9 Å². The third-order valence-corrected chi connectivity index (χ3v) is 3.45. The van der Waals surface area contributed by atoms with Gasteiger partial charge in [-0.1, -0.05) is 0 Å². The molecule has 0 radical (unpaired) electrons. The quantitative estimate of drug-likeness (QED) is 0.687. The first-order valence-corrected chi connectivity index (χ1v) is 7.06. The highest BCUT2D eigenvalue weighted by Gasteiger charge is 2.17. The van der Waals surface area contributed by atoms with Crippen LogP contribution in [0.4, 0.5) is 5.69 Å². The number of anilines is 1. The van der Waals surface area contributed by atoms with Crippen molar-refractivity contribution in [3.05, 3.63) is 24.0 Å². The molecule has 7 heteroatoms. The standard InChI is InChI=1S/C14H21N5O2/c1-10(13(20)15-2)18-14(21)12-4-3-11(9-17-12)19-7-5-16-6-8-19/h3-4,9-10,16H,5-8H2,1-2H3,(H,15,20)(H,18,21). The SMILES string of the molecule is CNC(=O)C(C)NC(=O)c1ccc(N2CCNCC2)cn1. The minimum atomic E-state index is -0.586. The number of aromatic nitrogens is 1. The van der Waals surface area contributed by atoms with Crippen LogP contribution in [0, 0.1) is 0 Å². The Morgan fingerprint density at radius 3 is 2.62 bits per heavy atom. The molecule has 0 saturated carbocycles. The normalized spacial score (nSPS) is 16.2. The summed E-state index contributed by atoms with van der Waals surface area (Å²) in [6, 6.07) is 2.98. The van der Waals surface area contributed by atoms with Crippen LogP contribution >= 0.6 is 0 Å². The van der Waals surface area contributed by atoms with Gasteiger partial charge in [0.05, 0.1) is 11.9 Å². The summed E-state index contributed by atoms with van der Waals surface area (Å²) in [5.74, 6) is -0.584. The maximum atomic E-state index is 12.0. The number of likely N-dealkylation sites (N-methyl/N-ethyl adjacent to an activating group) is 1. The molecule has 1 unspecified atom stereocenters. The fourth-order valence-corrected chi connectivity index (χ4v) is 2.18. The second kappa shape index (κ2) is 7.03. The number of hydrogen-bond donors (Lipinski definition) is 3. The number of hydrogen-bond acceptors (Lipinski definition) is 5. The maximum absolute atomic E-state index is 12.0. The summed E-state index contributed by atoms with van der Waals surface area (Å²) in [6.07, 6.45) is 1.70. The predicted octanol–water partition coefficient (Wildman–Crippen LogP) is -0.644. The Hall–Kier alpha value is -2.15. The van der Waals surface area contributed by atoms with Crippen LogP contribution in [0.1, 0.15) is 17.4 Å². The Labute approximate surface area is 124 Å². The van der Waals surface area contributed by atoms with Crippen molar-refractivity contribution in [1.29, 1.82) is 0 Å². The van der Waals surface area contributed by atoms with Gasteiger partial charge in [0.25, 0.3) is 5.91 Å². The van der Waals surface area contributed by atoms with Crippen LogP contribution in [-0.2, 0) is 4.79 Å². The Morgan fingerprint density at radius 2 is 2.05 bits per heavy atom. The molecule has 0 bridgehead atoms. The van der Waals surface area contributed by atoms with Crippen molar-refractivity contribution < 1.29 is 9.59 Å². The van der Waals surface area contributed by atoms with Crippen molar-refractivity contribution >= 4 is 17.5 Å². The summed E-state index contributed by atoms with van der Waals surface area (Å²) in [5, 5.41) is 8.38. The molecule has 1 aliphatic rings. The lowest BCUT2D eigenvalue weighted by Crippen LogP contribution is -2.44. The molecule has 1 aromatic rings.